The second-order valence-electron chi connectivity index (χ2n) is 6.56. The van der Waals surface area contributed by atoms with Gasteiger partial charge in [-0.2, -0.15) is 0 Å². The number of benzene rings is 1. The Morgan fingerprint density at radius 2 is 1.77 bits per heavy atom. The van der Waals surface area contributed by atoms with E-state index < -0.39 is 4.92 Å². The third-order valence-electron chi connectivity index (χ3n) is 4.72. The molecule has 0 aliphatic carbocycles. The van der Waals surface area contributed by atoms with E-state index in [1.807, 2.05) is 23.1 Å². The molecule has 0 spiro atoms. The number of nitrogens with zero attached hydrogens (tertiary/aromatic N) is 6. The predicted octanol–water partition coefficient (Wildman–Crippen LogP) is 4.16. The highest BCUT2D eigenvalue weighted by Crippen LogP contribution is 2.36. The van der Waals surface area contributed by atoms with Gasteiger partial charge in [-0.05, 0) is 30.3 Å². The van der Waals surface area contributed by atoms with Crippen LogP contribution in [0.1, 0.15) is 0 Å². The molecule has 0 amide bonds. The molecule has 1 aromatic carbocycles. The summed E-state index contributed by atoms with van der Waals surface area (Å²) in [4.78, 5) is 28.1. The van der Waals surface area contributed by atoms with Crippen molar-refractivity contribution in [1.82, 2.24) is 15.0 Å². The van der Waals surface area contributed by atoms with Gasteiger partial charge in [-0.3, -0.25) is 10.1 Å². The molecule has 0 atom stereocenters. The van der Waals surface area contributed by atoms with Crippen molar-refractivity contribution in [2.75, 3.05) is 41.3 Å². The summed E-state index contributed by atoms with van der Waals surface area (Å²) in [5.41, 5.74) is 0.219. The van der Waals surface area contributed by atoms with Crippen molar-refractivity contribution in [1.29, 1.82) is 0 Å². The second-order valence-corrected chi connectivity index (χ2v) is 7.41. The average molecular weight is 446 g/mol. The van der Waals surface area contributed by atoms with Gasteiger partial charge in [0.2, 0.25) is 11.6 Å². The van der Waals surface area contributed by atoms with Crippen LogP contribution in [0.25, 0.3) is 0 Å². The molecule has 1 N–H and O–H groups in total. The molecule has 3 aromatic rings. The highest BCUT2D eigenvalue weighted by Gasteiger charge is 2.29. The number of nitro groups is 1. The maximum atomic E-state index is 11.9. The van der Waals surface area contributed by atoms with Crippen LogP contribution in [0.2, 0.25) is 10.0 Å². The molecule has 1 fully saturated rings. The number of halogens is 2. The van der Waals surface area contributed by atoms with Crippen molar-refractivity contribution in [2.24, 2.45) is 0 Å². The predicted molar refractivity (Wildman–Crippen MR) is 117 cm³/mol. The molecule has 3 heterocycles. The number of hydrogen-bond donors (Lipinski definition) is 1. The summed E-state index contributed by atoms with van der Waals surface area (Å²) in [5.74, 6) is 1.20. The molecule has 154 valence electrons. The minimum absolute atomic E-state index is 0.0568. The van der Waals surface area contributed by atoms with Crippen LogP contribution >= 0.6 is 23.2 Å². The quantitative estimate of drug-likeness (QED) is 0.461. The Labute approximate surface area is 182 Å². The summed E-state index contributed by atoms with van der Waals surface area (Å²) in [5, 5.41) is 15.6. The van der Waals surface area contributed by atoms with Gasteiger partial charge in [0.15, 0.2) is 0 Å². The van der Waals surface area contributed by atoms with Crippen LogP contribution in [0.15, 0.2) is 48.9 Å². The normalized spacial score (nSPS) is 13.9. The molecule has 0 saturated carbocycles. The molecule has 9 nitrogen and oxygen atoms in total. The van der Waals surface area contributed by atoms with Crippen LogP contribution in [-0.2, 0) is 0 Å². The van der Waals surface area contributed by atoms with Crippen molar-refractivity contribution in [3.05, 3.63) is 69.1 Å². The van der Waals surface area contributed by atoms with Crippen LogP contribution < -0.4 is 15.1 Å². The standard InChI is InChI=1S/C19H17Cl2N7O2/c20-13-4-5-14(21)15(11-13)25-18-17(28(29)30)19(24-12-23-18)27-9-7-26(8-10-27)16-3-1-2-6-22-16/h1-6,11-12H,7-10H2,(H,23,24,25). The number of rotatable bonds is 5. The van der Waals surface area contributed by atoms with Crippen LogP contribution in [0.5, 0.6) is 0 Å². The van der Waals surface area contributed by atoms with E-state index in [1.165, 1.54) is 6.33 Å². The van der Waals surface area contributed by atoms with Gasteiger partial charge < -0.3 is 15.1 Å². The lowest BCUT2D eigenvalue weighted by molar-refractivity contribution is -0.383. The number of anilines is 4. The van der Waals surface area contributed by atoms with Gasteiger partial charge in [-0.15, -0.1) is 0 Å². The van der Waals surface area contributed by atoms with Crippen LogP contribution in [0, 0.1) is 10.1 Å². The molecular weight excluding hydrogens is 429 g/mol. The van der Waals surface area contributed by atoms with Crippen molar-refractivity contribution in [3.8, 4) is 0 Å². The minimum Gasteiger partial charge on any atom is -0.353 e. The molecule has 30 heavy (non-hydrogen) atoms. The Morgan fingerprint density at radius 3 is 2.47 bits per heavy atom. The molecule has 0 bridgehead atoms. The Bertz CT molecular complexity index is 1060. The summed E-state index contributed by atoms with van der Waals surface area (Å²) in [7, 11) is 0. The van der Waals surface area contributed by atoms with Crippen molar-refractivity contribution in [3.63, 3.8) is 0 Å². The largest absolute Gasteiger partial charge is 0.353 e. The first kappa shape index (κ1) is 20.1. The van der Waals surface area contributed by atoms with E-state index in [1.54, 1.807) is 24.4 Å². The smallest absolute Gasteiger partial charge is 0.353 e. The Kier molecular flexibility index (Phi) is 5.82. The summed E-state index contributed by atoms with van der Waals surface area (Å²) in [6.07, 6.45) is 3.05. The van der Waals surface area contributed by atoms with E-state index >= 15 is 0 Å². The monoisotopic (exact) mass is 445 g/mol. The zero-order chi connectivity index (χ0) is 21.1. The summed E-state index contributed by atoms with van der Waals surface area (Å²) >= 11 is 12.2. The molecule has 0 unspecified atom stereocenters. The average Bonchev–Trinajstić information content (AvgIpc) is 2.77. The van der Waals surface area contributed by atoms with Crippen molar-refractivity contribution >= 4 is 52.0 Å². The van der Waals surface area contributed by atoms with E-state index in [0.29, 0.717) is 41.9 Å². The fourth-order valence-corrected chi connectivity index (χ4v) is 3.61. The fraction of sp³-hybridized carbons (Fsp3) is 0.211. The Morgan fingerprint density at radius 1 is 1.00 bits per heavy atom. The van der Waals surface area contributed by atoms with Crippen LogP contribution in [0.4, 0.5) is 28.8 Å². The zero-order valence-corrected chi connectivity index (χ0v) is 17.2. The lowest BCUT2D eigenvalue weighted by atomic mass is 10.2. The van der Waals surface area contributed by atoms with Crippen LogP contribution in [-0.4, -0.2) is 46.1 Å². The molecule has 1 aliphatic rings. The van der Waals surface area contributed by atoms with Gasteiger partial charge >= 0.3 is 5.69 Å². The molecular formula is C19H17Cl2N7O2. The van der Waals surface area contributed by atoms with Gasteiger partial charge in [0, 0.05) is 37.4 Å². The number of pyridine rings is 1. The van der Waals surface area contributed by atoms with Crippen molar-refractivity contribution in [2.45, 2.75) is 0 Å². The van der Waals surface area contributed by atoms with Crippen LogP contribution in [0.3, 0.4) is 0 Å². The Hall–Kier alpha value is -3.17. The third kappa shape index (κ3) is 4.22. The lowest BCUT2D eigenvalue weighted by Crippen LogP contribution is -2.47. The SMILES string of the molecule is O=[N+]([O-])c1c(Nc2cc(Cl)ccc2Cl)ncnc1N1CCN(c2ccccn2)CC1. The van der Waals surface area contributed by atoms with Gasteiger partial charge in [0.1, 0.15) is 12.1 Å². The molecule has 1 aliphatic heterocycles. The number of piperazine rings is 1. The Balaban J connectivity index is 1.59. The maximum Gasteiger partial charge on any atom is 0.353 e. The number of hydrogen-bond acceptors (Lipinski definition) is 8. The highest BCUT2D eigenvalue weighted by molar-refractivity contribution is 6.35. The minimum atomic E-state index is -0.485. The number of aromatic nitrogens is 3. The van der Waals surface area contributed by atoms with Gasteiger partial charge in [-0.25, -0.2) is 15.0 Å². The van der Waals surface area contributed by atoms with Gasteiger partial charge in [0.05, 0.1) is 15.6 Å². The van der Waals surface area contributed by atoms with Gasteiger partial charge in [0.25, 0.3) is 0 Å². The lowest BCUT2D eigenvalue weighted by Gasteiger charge is -2.35. The first-order valence-electron chi connectivity index (χ1n) is 9.15. The molecule has 2 aromatic heterocycles. The highest BCUT2D eigenvalue weighted by atomic mass is 35.5. The molecule has 1 saturated heterocycles. The summed E-state index contributed by atoms with van der Waals surface area (Å²) in [6.45, 7) is 2.46. The van der Waals surface area contributed by atoms with Gasteiger partial charge in [-0.1, -0.05) is 29.3 Å². The maximum absolute atomic E-state index is 11.9. The zero-order valence-electron chi connectivity index (χ0n) is 15.7. The topological polar surface area (TPSA) is 100 Å². The van der Waals surface area contributed by atoms with E-state index in [4.69, 9.17) is 23.2 Å². The third-order valence-corrected chi connectivity index (χ3v) is 5.28. The molecule has 0 radical (unpaired) electrons. The number of nitrogens with one attached hydrogen (secondary N) is 1. The van der Waals surface area contributed by atoms with E-state index in [2.05, 4.69) is 25.2 Å². The fourth-order valence-electron chi connectivity index (χ4n) is 3.27. The van der Waals surface area contributed by atoms with E-state index in [0.717, 1.165) is 5.82 Å². The van der Waals surface area contributed by atoms with Crippen molar-refractivity contribution < 1.29 is 4.92 Å². The molecule has 11 heteroatoms. The van der Waals surface area contributed by atoms with E-state index in [-0.39, 0.29) is 17.3 Å². The van der Waals surface area contributed by atoms with E-state index in [9.17, 15) is 10.1 Å². The first-order valence-corrected chi connectivity index (χ1v) is 9.91. The second kappa shape index (κ2) is 8.68. The first-order chi connectivity index (χ1) is 14.5. The summed E-state index contributed by atoms with van der Waals surface area (Å²) in [6, 6.07) is 10.6. The summed E-state index contributed by atoms with van der Waals surface area (Å²) < 4.78 is 0. The molecule has 4 rings (SSSR count).